The van der Waals surface area contributed by atoms with Gasteiger partial charge in [0, 0.05) is 42.5 Å². The average molecular weight is 408 g/mol. The van der Waals surface area contributed by atoms with Crippen LogP contribution < -0.4 is 15.4 Å². The first-order chi connectivity index (χ1) is 14.6. The fourth-order valence-electron chi connectivity index (χ4n) is 4.29. The van der Waals surface area contributed by atoms with Crippen molar-refractivity contribution in [2.24, 2.45) is 0 Å². The third-order valence-electron chi connectivity index (χ3n) is 5.95. The van der Waals surface area contributed by atoms with Crippen LogP contribution in [-0.4, -0.2) is 49.4 Å². The maximum absolute atomic E-state index is 12.5. The van der Waals surface area contributed by atoms with Crippen LogP contribution in [0.2, 0.25) is 0 Å². The molecule has 0 unspecified atom stereocenters. The highest BCUT2D eigenvalue weighted by atomic mass is 16.5. The van der Waals surface area contributed by atoms with E-state index in [0.29, 0.717) is 19.0 Å². The number of methoxy groups -OCH3 is 1. The number of hydrogen-bond donors (Lipinski definition) is 2. The fraction of sp³-hybridized carbons (Fsp3) is 0.417. The highest BCUT2D eigenvalue weighted by Crippen LogP contribution is 2.24. The number of amides is 1. The van der Waals surface area contributed by atoms with Crippen molar-refractivity contribution in [2.75, 3.05) is 37.4 Å². The number of aryl methyl sites for hydroxylation is 1. The minimum atomic E-state index is -0.00125. The number of carbonyl (C=O) groups excluding carboxylic acids is 2. The summed E-state index contributed by atoms with van der Waals surface area (Å²) in [7, 11) is 1.67. The molecule has 0 radical (unpaired) electrons. The van der Waals surface area contributed by atoms with Crippen LogP contribution in [0.3, 0.4) is 0 Å². The zero-order valence-corrected chi connectivity index (χ0v) is 17.4. The summed E-state index contributed by atoms with van der Waals surface area (Å²) in [6.45, 7) is 2.17. The summed E-state index contributed by atoms with van der Waals surface area (Å²) in [5.74, 6) is 1.06. The lowest BCUT2D eigenvalue weighted by atomic mass is 9.90. The average Bonchev–Trinajstić information content (AvgIpc) is 2.76. The molecule has 6 nitrogen and oxygen atoms in total. The first-order valence-corrected chi connectivity index (χ1v) is 10.7. The van der Waals surface area contributed by atoms with Crippen LogP contribution in [-0.2, 0) is 11.2 Å². The van der Waals surface area contributed by atoms with Crippen molar-refractivity contribution in [1.29, 1.82) is 0 Å². The van der Waals surface area contributed by atoms with Crippen molar-refractivity contribution in [3.05, 3.63) is 53.6 Å². The molecule has 4 rings (SSSR count). The second-order valence-corrected chi connectivity index (χ2v) is 8.12. The molecule has 2 aliphatic rings. The number of nitrogens with one attached hydrogen (secondary N) is 2. The molecule has 30 heavy (non-hydrogen) atoms. The van der Waals surface area contributed by atoms with E-state index in [2.05, 4.69) is 15.5 Å². The number of Topliss-reactive ketones (excluding diaryl/α,β-unsaturated/α-hetero) is 1. The van der Waals surface area contributed by atoms with Gasteiger partial charge in [0.2, 0.25) is 5.91 Å². The lowest BCUT2D eigenvalue weighted by Crippen LogP contribution is -2.42. The summed E-state index contributed by atoms with van der Waals surface area (Å²) in [4.78, 5) is 26.6. The van der Waals surface area contributed by atoms with Crippen LogP contribution in [0.5, 0.6) is 5.75 Å². The molecule has 1 heterocycles. The van der Waals surface area contributed by atoms with Gasteiger partial charge < -0.3 is 15.4 Å². The van der Waals surface area contributed by atoms with E-state index in [4.69, 9.17) is 4.74 Å². The predicted octanol–water partition coefficient (Wildman–Crippen LogP) is 3.73. The van der Waals surface area contributed by atoms with Gasteiger partial charge in [-0.3, -0.25) is 14.5 Å². The predicted molar refractivity (Wildman–Crippen MR) is 118 cm³/mol. The van der Waals surface area contributed by atoms with E-state index in [-0.39, 0.29) is 11.7 Å². The Morgan fingerprint density at radius 3 is 2.53 bits per heavy atom. The lowest BCUT2D eigenvalue weighted by Gasteiger charge is -2.32. The van der Waals surface area contributed by atoms with Crippen molar-refractivity contribution in [1.82, 2.24) is 4.90 Å². The minimum Gasteiger partial charge on any atom is -0.497 e. The number of anilines is 2. The third-order valence-corrected chi connectivity index (χ3v) is 5.95. The van der Waals surface area contributed by atoms with Gasteiger partial charge in [0.15, 0.2) is 5.78 Å². The van der Waals surface area contributed by atoms with Gasteiger partial charge in [-0.1, -0.05) is 0 Å². The number of hydrogen-bond acceptors (Lipinski definition) is 5. The molecule has 6 heteroatoms. The van der Waals surface area contributed by atoms with Crippen LogP contribution in [0.15, 0.2) is 42.5 Å². The third kappa shape index (κ3) is 5.00. The van der Waals surface area contributed by atoms with Crippen molar-refractivity contribution < 1.29 is 14.3 Å². The lowest BCUT2D eigenvalue weighted by molar-refractivity contribution is -0.117. The van der Waals surface area contributed by atoms with Crippen LogP contribution >= 0.6 is 0 Å². The molecular weight excluding hydrogens is 378 g/mol. The summed E-state index contributed by atoms with van der Waals surface area (Å²) in [6, 6.07) is 14.0. The molecule has 0 bridgehead atoms. The molecule has 0 spiro atoms. The van der Waals surface area contributed by atoms with Crippen LogP contribution in [0, 0.1) is 0 Å². The topological polar surface area (TPSA) is 70.7 Å². The number of ketones is 1. The number of piperidine rings is 1. The molecule has 0 atom stereocenters. The molecule has 1 saturated heterocycles. The molecule has 1 aliphatic carbocycles. The Labute approximate surface area is 177 Å². The highest BCUT2D eigenvalue weighted by molar-refractivity contribution is 5.99. The fourth-order valence-corrected chi connectivity index (χ4v) is 4.29. The molecule has 1 amide bonds. The van der Waals surface area contributed by atoms with Crippen molar-refractivity contribution >= 4 is 23.1 Å². The number of fused-ring (bicyclic) bond motifs is 1. The van der Waals surface area contributed by atoms with Gasteiger partial charge in [-0.25, -0.2) is 0 Å². The Morgan fingerprint density at radius 2 is 1.80 bits per heavy atom. The van der Waals surface area contributed by atoms with E-state index >= 15 is 0 Å². The number of carbonyl (C=O) groups is 2. The maximum Gasteiger partial charge on any atom is 0.238 e. The van der Waals surface area contributed by atoms with E-state index in [1.54, 1.807) is 7.11 Å². The van der Waals surface area contributed by atoms with E-state index in [0.717, 1.165) is 67.0 Å². The highest BCUT2D eigenvalue weighted by Gasteiger charge is 2.21. The second-order valence-electron chi connectivity index (χ2n) is 8.12. The molecule has 0 saturated carbocycles. The first kappa shape index (κ1) is 20.4. The Kier molecular flexibility index (Phi) is 6.33. The van der Waals surface area contributed by atoms with Gasteiger partial charge in [-0.15, -0.1) is 0 Å². The number of likely N-dealkylation sites (tertiary alicyclic amines) is 1. The SMILES string of the molecule is COc1ccc(NC2CCN(CC(=O)Nc3ccc4c(c3)CCCC4=O)CC2)cc1. The molecular formula is C24H29N3O3. The summed E-state index contributed by atoms with van der Waals surface area (Å²) in [5.41, 5.74) is 3.74. The summed E-state index contributed by atoms with van der Waals surface area (Å²) >= 11 is 0. The number of rotatable bonds is 6. The van der Waals surface area contributed by atoms with Crippen LogP contribution in [0.1, 0.15) is 41.6 Å². The summed E-state index contributed by atoms with van der Waals surface area (Å²) in [6.07, 6.45) is 4.42. The quantitative estimate of drug-likeness (QED) is 0.764. The minimum absolute atomic E-state index is 0.00125. The normalized spacial score (nSPS) is 17.3. The zero-order valence-electron chi connectivity index (χ0n) is 17.4. The largest absolute Gasteiger partial charge is 0.497 e. The van der Waals surface area contributed by atoms with Crippen molar-refractivity contribution in [3.8, 4) is 5.75 Å². The molecule has 2 aromatic carbocycles. The molecule has 0 aromatic heterocycles. The second kappa shape index (κ2) is 9.30. The van der Waals surface area contributed by atoms with E-state index < -0.39 is 0 Å². The van der Waals surface area contributed by atoms with E-state index in [1.165, 1.54) is 0 Å². The molecule has 1 aliphatic heterocycles. The van der Waals surface area contributed by atoms with Gasteiger partial charge >= 0.3 is 0 Å². The Morgan fingerprint density at radius 1 is 1.07 bits per heavy atom. The van der Waals surface area contributed by atoms with Crippen LogP contribution in [0.4, 0.5) is 11.4 Å². The summed E-state index contributed by atoms with van der Waals surface area (Å²) < 4.78 is 5.20. The van der Waals surface area contributed by atoms with Gasteiger partial charge in [-0.2, -0.15) is 0 Å². The molecule has 1 fully saturated rings. The Balaban J connectivity index is 1.24. The van der Waals surface area contributed by atoms with E-state index in [1.807, 2.05) is 42.5 Å². The smallest absolute Gasteiger partial charge is 0.238 e. The van der Waals surface area contributed by atoms with Crippen LogP contribution in [0.25, 0.3) is 0 Å². The van der Waals surface area contributed by atoms with E-state index in [9.17, 15) is 9.59 Å². The van der Waals surface area contributed by atoms with Crippen molar-refractivity contribution in [3.63, 3.8) is 0 Å². The molecule has 158 valence electrons. The number of nitrogens with zero attached hydrogens (tertiary/aromatic N) is 1. The molecule has 2 aromatic rings. The Bertz CT molecular complexity index is 902. The monoisotopic (exact) mass is 407 g/mol. The van der Waals surface area contributed by atoms with Gasteiger partial charge in [0.1, 0.15) is 5.75 Å². The van der Waals surface area contributed by atoms with Gasteiger partial charge in [-0.05, 0) is 73.7 Å². The number of ether oxygens (including phenoxy) is 1. The Hall–Kier alpha value is -2.86. The first-order valence-electron chi connectivity index (χ1n) is 10.7. The standard InChI is InChI=1S/C24H29N3O3/c1-30-21-8-5-18(6-9-21)25-19-11-13-27(14-12-19)16-24(29)26-20-7-10-22-17(15-20)3-2-4-23(22)28/h5-10,15,19,25H,2-4,11-14,16H2,1H3,(H,26,29). The van der Waals surface area contributed by atoms with Gasteiger partial charge in [0.25, 0.3) is 0 Å². The molecule has 2 N–H and O–H groups in total. The van der Waals surface area contributed by atoms with Crippen molar-refractivity contribution in [2.45, 2.75) is 38.1 Å². The summed E-state index contributed by atoms with van der Waals surface area (Å²) in [5, 5.41) is 6.56. The van der Waals surface area contributed by atoms with Gasteiger partial charge in [0.05, 0.1) is 13.7 Å². The number of benzene rings is 2. The maximum atomic E-state index is 12.5. The zero-order chi connectivity index (χ0) is 20.9.